The number of Topliss-reactive ketones (excluding diaryl/α,β-unsaturated/α-hetero) is 1. The van der Waals surface area contributed by atoms with Crippen LogP contribution in [0.1, 0.15) is 33.3 Å². The number of nitrogens with two attached hydrogens (primary N) is 1. The van der Waals surface area contributed by atoms with Crippen LogP contribution in [0.4, 0.5) is 14.6 Å². The van der Waals surface area contributed by atoms with Gasteiger partial charge in [0.05, 0.1) is 24.3 Å². The molecule has 10 heteroatoms. The lowest BCUT2D eigenvalue weighted by molar-refractivity contribution is 0.0472. The molecular weight excluding hydrogens is 384 g/mol. The molecule has 0 amide bonds. The van der Waals surface area contributed by atoms with Crippen molar-refractivity contribution < 1.29 is 23.1 Å². The molecule has 1 aromatic carbocycles. The Morgan fingerprint density at radius 1 is 1.14 bits per heavy atom. The average molecular weight is 403 g/mol. The molecule has 0 aliphatic heterocycles. The van der Waals surface area contributed by atoms with Gasteiger partial charge in [0.1, 0.15) is 23.0 Å². The van der Waals surface area contributed by atoms with E-state index in [0.29, 0.717) is 25.2 Å². The van der Waals surface area contributed by atoms with Crippen LogP contribution in [0.15, 0.2) is 36.7 Å². The van der Waals surface area contributed by atoms with Gasteiger partial charge in [0.2, 0.25) is 5.78 Å². The molecule has 2 N–H and O–H groups in total. The van der Waals surface area contributed by atoms with Gasteiger partial charge in [-0.25, -0.2) is 18.3 Å². The fraction of sp³-hybridized carbons (Fsp3) is 0.263. The van der Waals surface area contributed by atoms with Crippen LogP contribution in [0.2, 0.25) is 0 Å². The van der Waals surface area contributed by atoms with Crippen LogP contribution < -0.4 is 5.73 Å². The van der Waals surface area contributed by atoms with E-state index in [9.17, 15) is 18.4 Å². The summed E-state index contributed by atoms with van der Waals surface area (Å²) in [6, 6.07) is 4.82. The average Bonchev–Trinajstić information content (AvgIpc) is 3.32. The molecule has 2 heterocycles. The van der Waals surface area contributed by atoms with E-state index in [1.54, 1.807) is 30.1 Å². The zero-order valence-electron chi connectivity index (χ0n) is 15.6. The van der Waals surface area contributed by atoms with Crippen molar-refractivity contribution in [2.75, 3.05) is 12.3 Å². The number of hydrogen-bond donors (Lipinski definition) is 1. The fourth-order valence-corrected chi connectivity index (χ4v) is 2.84. The van der Waals surface area contributed by atoms with Gasteiger partial charge >= 0.3 is 5.97 Å². The molecule has 0 aliphatic rings. The van der Waals surface area contributed by atoms with Crippen LogP contribution in [-0.4, -0.2) is 37.9 Å². The van der Waals surface area contributed by atoms with E-state index in [1.807, 2.05) is 0 Å². The van der Waals surface area contributed by atoms with Crippen LogP contribution >= 0.6 is 0 Å². The maximum atomic E-state index is 13.7. The number of esters is 1. The van der Waals surface area contributed by atoms with Crippen molar-refractivity contribution in [1.82, 2.24) is 19.6 Å². The first-order valence-electron chi connectivity index (χ1n) is 8.89. The maximum Gasteiger partial charge on any atom is 0.344 e. The predicted molar refractivity (Wildman–Crippen MR) is 99.2 cm³/mol. The third-order valence-electron chi connectivity index (χ3n) is 4.28. The van der Waals surface area contributed by atoms with Gasteiger partial charge in [0.25, 0.3) is 0 Å². The Morgan fingerprint density at radius 2 is 1.86 bits per heavy atom. The second-order valence-corrected chi connectivity index (χ2v) is 6.15. The molecule has 152 valence electrons. The smallest absolute Gasteiger partial charge is 0.344 e. The number of ether oxygens (including phenoxy) is 1. The van der Waals surface area contributed by atoms with Crippen LogP contribution in [0.3, 0.4) is 0 Å². The Hall–Kier alpha value is -3.56. The third kappa shape index (κ3) is 4.31. The molecule has 3 rings (SSSR count). The zero-order valence-corrected chi connectivity index (χ0v) is 15.6. The molecule has 0 spiro atoms. The molecule has 0 aliphatic carbocycles. The lowest BCUT2D eigenvalue weighted by Gasteiger charge is -2.07. The maximum absolute atomic E-state index is 13.7. The summed E-state index contributed by atoms with van der Waals surface area (Å²) in [5.74, 6) is -3.83. The standard InChI is InChI=1S/C19H19F2N5O3/c1-2-14-17(18(22)26(24-14)10-9-25-8-4-7-23-25)19(28)29-11-15(27)16-12(20)5-3-6-13(16)21/h3-8H,2,9-11,22H2,1H3. The number of nitrogens with zero attached hydrogens (tertiary/aromatic N) is 4. The highest BCUT2D eigenvalue weighted by Crippen LogP contribution is 2.20. The second-order valence-electron chi connectivity index (χ2n) is 6.15. The van der Waals surface area contributed by atoms with Gasteiger partial charge in [-0.2, -0.15) is 10.2 Å². The molecule has 0 saturated carbocycles. The summed E-state index contributed by atoms with van der Waals surface area (Å²) >= 11 is 0. The van der Waals surface area contributed by atoms with Gasteiger partial charge in [-0.15, -0.1) is 0 Å². The molecule has 0 unspecified atom stereocenters. The summed E-state index contributed by atoms with van der Waals surface area (Å²) < 4.78 is 35.5. The summed E-state index contributed by atoms with van der Waals surface area (Å²) in [4.78, 5) is 24.6. The lowest BCUT2D eigenvalue weighted by Crippen LogP contribution is -2.18. The number of halogens is 2. The Kier molecular flexibility index (Phi) is 6.01. The summed E-state index contributed by atoms with van der Waals surface area (Å²) in [5.41, 5.74) is 5.74. The topological polar surface area (TPSA) is 105 Å². The van der Waals surface area contributed by atoms with Crippen molar-refractivity contribution in [3.05, 3.63) is 65.1 Å². The Balaban J connectivity index is 1.72. The molecular formula is C19H19F2N5O3. The Bertz CT molecular complexity index is 1010. The minimum absolute atomic E-state index is 0.0368. The molecule has 0 radical (unpaired) electrons. The van der Waals surface area contributed by atoms with Crippen molar-refractivity contribution in [3.63, 3.8) is 0 Å². The van der Waals surface area contributed by atoms with Crippen LogP contribution in [0.5, 0.6) is 0 Å². The van der Waals surface area contributed by atoms with E-state index in [-0.39, 0.29) is 11.4 Å². The number of anilines is 1. The number of rotatable bonds is 8. The van der Waals surface area contributed by atoms with E-state index < -0.39 is 35.6 Å². The number of carbonyl (C=O) groups excluding carboxylic acids is 2. The highest BCUT2D eigenvalue weighted by Gasteiger charge is 2.25. The Labute approximate surface area is 164 Å². The van der Waals surface area contributed by atoms with E-state index in [2.05, 4.69) is 10.2 Å². The number of aromatic nitrogens is 4. The summed E-state index contributed by atoms with van der Waals surface area (Å²) in [7, 11) is 0. The molecule has 8 nitrogen and oxygen atoms in total. The Morgan fingerprint density at radius 3 is 2.48 bits per heavy atom. The normalized spacial score (nSPS) is 10.9. The van der Waals surface area contributed by atoms with Gasteiger partial charge in [-0.1, -0.05) is 13.0 Å². The number of aryl methyl sites for hydroxylation is 3. The number of ketones is 1. The second kappa shape index (κ2) is 8.63. The van der Waals surface area contributed by atoms with Crippen molar-refractivity contribution in [3.8, 4) is 0 Å². The van der Waals surface area contributed by atoms with Gasteiger partial charge < -0.3 is 10.5 Å². The molecule has 0 atom stereocenters. The van der Waals surface area contributed by atoms with Gasteiger partial charge in [-0.05, 0) is 24.6 Å². The van der Waals surface area contributed by atoms with Gasteiger partial charge in [-0.3, -0.25) is 9.48 Å². The first-order valence-corrected chi connectivity index (χ1v) is 8.89. The first kappa shape index (κ1) is 20.2. The van der Waals surface area contributed by atoms with E-state index >= 15 is 0 Å². The fourth-order valence-electron chi connectivity index (χ4n) is 2.84. The number of carbonyl (C=O) groups is 2. The minimum Gasteiger partial charge on any atom is -0.454 e. The summed E-state index contributed by atoms with van der Waals surface area (Å²) in [6.45, 7) is 1.82. The van der Waals surface area contributed by atoms with Crippen LogP contribution in [-0.2, 0) is 24.2 Å². The minimum atomic E-state index is -1.02. The predicted octanol–water partition coefficient (Wildman–Crippen LogP) is 2.24. The molecule has 2 aromatic heterocycles. The lowest BCUT2D eigenvalue weighted by atomic mass is 10.1. The first-order chi connectivity index (χ1) is 13.9. The number of hydrogen-bond acceptors (Lipinski definition) is 6. The SMILES string of the molecule is CCc1nn(CCn2cccn2)c(N)c1C(=O)OCC(=O)c1c(F)cccc1F. The number of benzene rings is 1. The van der Waals surface area contributed by atoms with E-state index in [0.717, 1.165) is 18.2 Å². The number of nitrogen functional groups attached to an aromatic ring is 1. The van der Waals surface area contributed by atoms with Crippen LogP contribution in [0.25, 0.3) is 0 Å². The van der Waals surface area contributed by atoms with Crippen molar-refractivity contribution in [2.45, 2.75) is 26.4 Å². The van der Waals surface area contributed by atoms with Crippen molar-refractivity contribution >= 4 is 17.6 Å². The van der Waals surface area contributed by atoms with Crippen molar-refractivity contribution in [1.29, 1.82) is 0 Å². The quantitative estimate of drug-likeness (QED) is 0.457. The largest absolute Gasteiger partial charge is 0.454 e. The van der Waals surface area contributed by atoms with Crippen LogP contribution in [0, 0.1) is 11.6 Å². The summed E-state index contributed by atoms with van der Waals surface area (Å²) in [5, 5.41) is 8.39. The third-order valence-corrected chi connectivity index (χ3v) is 4.28. The van der Waals surface area contributed by atoms with E-state index in [4.69, 9.17) is 10.5 Å². The molecule has 0 bridgehead atoms. The zero-order chi connectivity index (χ0) is 21.0. The molecule has 29 heavy (non-hydrogen) atoms. The van der Waals surface area contributed by atoms with Gasteiger partial charge in [0, 0.05) is 12.4 Å². The molecule has 3 aromatic rings. The monoisotopic (exact) mass is 403 g/mol. The van der Waals surface area contributed by atoms with E-state index in [1.165, 1.54) is 4.68 Å². The van der Waals surface area contributed by atoms with Gasteiger partial charge in [0.15, 0.2) is 6.61 Å². The summed E-state index contributed by atoms with van der Waals surface area (Å²) in [6.07, 6.45) is 3.82. The highest BCUT2D eigenvalue weighted by atomic mass is 19.1. The van der Waals surface area contributed by atoms with Crippen molar-refractivity contribution in [2.24, 2.45) is 0 Å². The highest BCUT2D eigenvalue weighted by molar-refractivity contribution is 6.01. The molecule has 0 saturated heterocycles. The molecule has 0 fully saturated rings.